The van der Waals surface area contributed by atoms with Crippen LogP contribution in [0, 0.1) is 11.2 Å². The van der Waals surface area contributed by atoms with E-state index < -0.39 is 0 Å². The van der Waals surface area contributed by atoms with Crippen molar-refractivity contribution in [3.63, 3.8) is 0 Å². The summed E-state index contributed by atoms with van der Waals surface area (Å²) in [6, 6.07) is 6.86. The van der Waals surface area contributed by atoms with Gasteiger partial charge in [0.15, 0.2) is 0 Å². The fraction of sp³-hybridized carbons (Fsp3) is 0.368. The van der Waals surface area contributed by atoms with Gasteiger partial charge in [0, 0.05) is 43.9 Å². The predicted octanol–water partition coefficient (Wildman–Crippen LogP) is 3.41. The first kappa shape index (κ1) is 17.4. The number of halogens is 1. The maximum atomic E-state index is 13.8. The third-order valence-corrected chi connectivity index (χ3v) is 4.33. The quantitative estimate of drug-likeness (QED) is 0.747. The second-order valence-electron chi connectivity index (χ2n) is 7.28. The average molecular weight is 341 g/mol. The molecule has 5 nitrogen and oxygen atoms in total. The van der Waals surface area contributed by atoms with E-state index in [0.29, 0.717) is 6.54 Å². The van der Waals surface area contributed by atoms with Crippen LogP contribution < -0.4 is 5.32 Å². The van der Waals surface area contributed by atoms with Crippen LogP contribution in [0.5, 0.6) is 0 Å². The minimum Gasteiger partial charge on any atom is -0.336 e. The van der Waals surface area contributed by atoms with Gasteiger partial charge in [-0.25, -0.2) is 14.1 Å². The molecule has 0 fully saturated rings. The van der Waals surface area contributed by atoms with E-state index in [4.69, 9.17) is 0 Å². The molecule has 0 aliphatic carbocycles. The highest BCUT2D eigenvalue weighted by molar-refractivity contribution is 5.40. The van der Waals surface area contributed by atoms with Crippen LogP contribution >= 0.6 is 0 Å². The van der Waals surface area contributed by atoms with Gasteiger partial charge in [-0.3, -0.25) is 0 Å². The zero-order chi connectivity index (χ0) is 17.9. The summed E-state index contributed by atoms with van der Waals surface area (Å²) >= 11 is 0. The fourth-order valence-corrected chi connectivity index (χ4v) is 2.81. The van der Waals surface area contributed by atoms with Gasteiger partial charge in [-0.1, -0.05) is 20.8 Å². The largest absolute Gasteiger partial charge is 0.336 e. The lowest BCUT2D eigenvalue weighted by Gasteiger charge is -2.32. The minimum atomic E-state index is -0.241. The van der Waals surface area contributed by atoms with E-state index in [-0.39, 0.29) is 17.3 Å². The molecular weight excluding hydrogens is 317 g/mol. The number of hydrogen-bond acceptors (Lipinski definition) is 3. The maximum absolute atomic E-state index is 13.8. The summed E-state index contributed by atoms with van der Waals surface area (Å²) in [7, 11) is 0. The number of aromatic nitrogens is 4. The second kappa shape index (κ2) is 7.19. The van der Waals surface area contributed by atoms with Gasteiger partial charge in [-0.05, 0) is 35.2 Å². The number of nitrogens with zero attached hydrogens (tertiary/aromatic N) is 4. The zero-order valence-electron chi connectivity index (χ0n) is 14.9. The Morgan fingerprint density at radius 3 is 2.68 bits per heavy atom. The Hall–Kier alpha value is -2.47. The summed E-state index contributed by atoms with van der Waals surface area (Å²) in [4.78, 5) is 4.11. The molecule has 0 saturated heterocycles. The van der Waals surface area contributed by atoms with Crippen molar-refractivity contribution in [2.24, 2.45) is 5.41 Å². The van der Waals surface area contributed by atoms with Crippen LogP contribution in [-0.2, 0) is 13.1 Å². The summed E-state index contributed by atoms with van der Waals surface area (Å²) < 4.78 is 17.6. The molecule has 0 spiro atoms. The van der Waals surface area contributed by atoms with Gasteiger partial charge >= 0.3 is 0 Å². The van der Waals surface area contributed by atoms with E-state index in [1.165, 1.54) is 6.07 Å². The Kier molecular flexibility index (Phi) is 4.99. The molecule has 0 aliphatic heterocycles. The van der Waals surface area contributed by atoms with Crippen molar-refractivity contribution in [3.8, 4) is 5.69 Å². The Morgan fingerprint density at radius 1 is 1.20 bits per heavy atom. The van der Waals surface area contributed by atoms with Gasteiger partial charge in [0.05, 0.1) is 12.0 Å². The molecule has 2 aromatic heterocycles. The van der Waals surface area contributed by atoms with Gasteiger partial charge < -0.3 is 9.88 Å². The Balaban J connectivity index is 1.80. The molecule has 1 unspecified atom stereocenters. The molecule has 6 heteroatoms. The molecule has 3 aromatic rings. The van der Waals surface area contributed by atoms with Crippen LogP contribution in [0.1, 0.15) is 26.3 Å². The lowest BCUT2D eigenvalue weighted by atomic mass is 9.86. The standard InChI is InChI=1S/C19H24FN5/c1-19(2,3)18(13-24-10-8-21-14-24)22-12-15-11-16(20)5-6-17(15)25-9-4-7-23-25/h4-11,14,18,22H,12-13H2,1-3H3. The predicted molar refractivity (Wildman–Crippen MR) is 95.8 cm³/mol. The van der Waals surface area contributed by atoms with Crippen molar-refractivity contribution in [2.45, 2.75) is 39.9 Å². The summed E-state index contributed by atoms with van der Waals surface area (Å²) in [5, 5.41) is 7.85. The minimum absolute atomic E-state index is 0.0451. The molecule has 25 heavy (non-hydrogen) atoms. The average Bonchev–Trinajstić information content (AvgIpc) is 3.24. The maximum Gasteiger partial charge on any atom is 0.123 e. The number of rotatable bonds is 6. The first-order valence-corrected chi connectivity index (χ1v) is 8.41. The van der Waals surface area contributed by atoms with Crippen LogP contribution in [0.2, 0.25) is 0 Å². The van der Waals surface area contributed by atoms with Crippen LogP contribution in [0.15, 0.2) is 55.4 Å². The molecular formula is C19H24FN5. The number of imidazole rings is 1. The van der Waals surface area contributed by atoms with Crippen molar-refractivity contribution in [3.05, 3.63) is 66.8 Å². The van der Waals surface area contributed by atoms with E-state index in [1.807, 2.05) is 24.8 Å². The lowest BCUT2D eigenvalue weighted by Crippen LogP contribution is -2.43. The van der Waals surface area contributed by atoms with Gasteiger partial charge in [-0.2, -0.15) is 5.10 Å². The highest BCUT2D eigenvalue weighted by Gasteiger charge is 2.25. The number of nitrogens with one attached hydrogen (secondary N) is 1. The molecule has 1 aromatic carbocycles. The van der Waals surface area contributed by atoms with Crippen LogP contribution in [-0.4, -0.2) is 25.4 Å². The monoisotopic (exact) mass is 341 g/mol. The highest BCUT2D eigenvalue weighted by atomic mass is 19.1. The van der Waals surface area contributed by atoms with Crippen LogP contribution in [0.25, 0.3) is 5.69 Å². The molecule has 0 saturated carbocycles. The summed E-state index contributed by atoms with van der Waals surface area (Å²) in [5.74, 6) is -0.241. The van der Waals surface area contributed by atoms with Crippen molar-refractivity contribution < 1.29 is 4.39 Å². The van der Waals surface area contributed by atoms with E-state index in [9.17, 15) is 4.39 Å². The third kappa shape index (κ3) is 4.33. The Bertz CT molecular complexity index is 788. The van der Waals surface area contributed by atoms with Crippen molar-refractivity contribution in [1.29, 1.82) is 0 Å². The highest BCUT2D eigenvalue weighted by Crippen LogP contribution is 2.22. The molecule has 2 heterocycles. The summed E-state index contributed by atoms with van der Waals surface area (Å²) in [5.41, 5.74) is 1.81. The van der Waals surface area contributed by atoms with E-state index >= 15 is 0 Å². The van der Waals surface area contributed by atoms with Crippen molar-refractivity contribution >= 4 is 0 Å². The summed E-state index contributed by atoms with van der Waals surface area (Å²) in [6.45, 7) is 7.95. The fourth-order valence-electron chi connectivity index (χ4n) is 2.81. The van der Waals surface area contributed by atoms with Crippen LogP contribution in [0.4, 0.5) is 4.39 Å². The van der Waals surface area contributed by atoms with Gasteiger partial charge in [0.2, 0.25) is 0 Å². The van der Waals surface area contributed by atoms with Gasteiger partial charge in [0.1, 0.15) is 5.82 Å². The first-order chi connectivity index (χ1) is 11.9. The van der Waals surface area contributed by atoms with Crippen LogP contribution in [0.3, 0.4) is 0 Å². The summed E-state index contributed by atoms with van der Waals surface area (Å²) in [6.07, 6.45) is 9.14. The third-order valence-electron chi connectivity index (χ3n) is 4.33. The number of benzene rings is 1. The lowest BCUT2D eigenvalue weighted by molar-refractivity contribution is 0.240. The molecule has 3 rings (SSSR count). The Morgan fingerprint density at radius 2 is 2.04 bits per heavy atom. The topological polar surface area (TPSA) is 47.7 Å². The molecule has 0 aliphatic rings. The van der Waals surface area contributed by atoms with Crippen molar-refractivity contribution in [2.75, 3.05) is 0 Å². The molecule has 0 amide bonds. The normalized spacial score (nSPS) is 13.1. The van der Waals surface area contributed by atoms with Crippen molar-refractivity contribution in [1.82, 2.24) is 24.6 Å². The molecule has 1 N–H and O–H groups in total. The van der Waals surface area contributed by atoms with E-state index in [2.05, 4.69) is 40.7 Å². The molecule has 0 radical (unpaired) electrons. The SMILES string of the molecule is CC(C)(C)C(Cn1ccnc1)NCc1cc(F)ccc1-n1cccn1. The molecule has 0 bridgehead atoms. The zero-order valence-corrected chi connectivity index (χ0v) is 14.9. The van der Waals surface area contributed by atoms with E-state index in [0.717, 1.165) is 17.8 Å². The van der Waals surface area contributed by atoms with Gasteiger partial charge in [0.25, 0.3) is 0 Å². The molecule has 1 atom stereocenters. The molecule has 132 valence electrons. The van der Waals surface area contributed by atoms with Gasteiger partial charge in [-0.15, -0.1) is 0 Å². The first-order valence-electron chi connectivity index (χ1n) is 8.41. The van der Waals surface area contributed by atoms with E-state index in [1.54, 1.807) is 29.2 Å². The Labute approximate surface area is 147 Å². The number of hydrogen-bond donors (Lipinski definition) is 1. The smallest absolute Gasteiger partial charge is 0.123 e. The second-order valence-corrected chi connectivity index (χ2v) is 7.28.